The van der Waals surface area contributed by atoms with Gasteiger partial charge in [0.05, 0.1) is 12.1 Å². The van der Waals surface area contributed by atoms with Gasteiger partial charge in [-0.05, 0) is 36.7 Å². The Kier molecular flexibility index (Phi) is 5.70. The monoisotopic (exact) mass is 447 g/mol. The first-order valence-electron chi connectivity index (χ1n) is 10.9. The molecular formula is C25H29N3O3Si. The maximum Gasteiger partial charge on any atom is 0.249 e. The number of nitrogens with zero attached hydrogens (tertiary/aromatic N) is 2. The summed E-state index contributed by atoms with van der Waals surface area (Å²) in [5.41, 5.74) is 2.48. The number of hydrogen-bond donors (Lipinski definition) is 1. The van der Waals surface area contributed by atoms with Gasteiger partial charge in [-0.15, -0.1) is 0 Å². The second-order valence-electron chi connectivity index (χ2n) is 9.76. The fraction of sp³-hybridized carbons (Fsp3) is 0.400. The van der Waals surface area contributed by atoms with Gasteiger partial charge >= 0.3 is 0 Å². The van der Waals surface area contributed by atoms with E-state index < -0.39 is 14.4 Å². The van der Waals surface area contributed by atoms with Crippen molar-refractivity contribution in [2.24, 2.45) is 0 Å². The Morgan fingerprint density at radius 1 is 1.22 bits per heavy atom. The van der Waals surface area contributed by atoms with E-state index in [0.29, 0.717) is 25.1 Å². The van der Waals surface area contributed by atoms with Crippen molar-refractivity contribution >= 4 is 42.1 Å². The molecule has 3 heterocycles. The van der Waals surface area contributed by atoms with E-state index >= 15 is 0 Å². The minimum absolute atomic E-state index is 0.133. The summed E-state index contributed by atoms with van der Waals surface area (Å²) in [5, 5.41) is 4.51. The highest BCUT2D eigenvalue weighted by atomic mass is 28.4. The molecule has 2 aromatic heterocycles. The molecule has 0 radical (unpaired) electrons. The predicted molar refractivity (Wildman–Crippen MR) is 129 cm³/mol. The summed E-state index contributed by atoms with van der Waals surface area (Å²) in [5.74, 6) is 5.95. The molecule has 7 heteroatoms. The molecule has 1 fully saturated rings. The number of piperidine rings is 1. The van der Waals surface area contributed by atoms with Crippen molar-refractivity contribution in [2.45, 2.75) is 57.8 Å². The molecule has 0 spiro atoms. The molecule has 1 aliphatic heterocycles. The first-order chi connectivity index (χ1) is 15.1. The van der Waals surface area contributed by atoms with Gasteiger partial charge < -0.3 is 8.99 Å². The fourth-order valence-corrected chi connectivity index (χ4v) is 4.69. The van der Waals surface area contributed by atoms with Crippen LogP contribution in [0.3, 0.4) is 0 Å². The standard InChI is InChI=1S/C25H29N3O3Si/c1-25(2,3)32(4,5)31-16-8-9-17-14-15-26-23-22(17)18-10-6-7-11-19(18)28(23)20-12-13-21(29)27-24(20)30/h6-7,10-11,14-15,20H,12-13,16H2,1-5H3,(H,27,29,30). The molecule has 1 N–H and O–H groups in total. The molecule has 1 aliphatic rings. The van der Waals surface area contributed by atoms with E-state index in [-0.39, 0.29) is 16.9 Å². The first-order valence-corrected chi connectivity index (χ1v) is 13.8. The van der Waals surface area contributed by atoms with Gasteiger partial charge in [0.15, 0.2) is 8.32 Å². The van der Waals surface area contributed by atoms with Gasteiger partial charge in [0, 0.05) is 29.0 Å². The molecule has 4 rings (SSSR count). The lowest BCUT2D eigenvalue weighted by atomic mass is 10.1. The van der Waals surface area contributed by atoms with E-state index in [1.54, 1.807) is 6.20 Å². The zero-order valence-electron chi connectivity index (χ0n) is 19.3. The second kappa shape index (κ2) is 8.19. The molecule has 0 saturated carbocycles. The average Bonchev–Trinajstić information content (AvgIpc) is 3.05. The number of benzene rings is 1. The van der Waals surface area contributed by atoms with E-state index in [2.05, 4.69) is 56.0 Å². The van der Waals surface area contributed by atoms with Crippen molar-refractivity contribution in [3.63, 3.8) is 0 Å². The van der Waals surface area contributed by atoms with Crippen molar-refractivity contribution < 1.29 is 14.0 Å². The van der Waals surface area contributed by atoms with Gasteiger partial charge in [-0.2, -0.15) is 0 Å². The molecule has 1 saturated heterocycles. The van der Waals surface area contributed by atoms with Crippen LogP contribution in [0.1, 0.15) is 45.2 Å². The molecular weight excluding hydrogens is 418 g/mol. The second-order valence-corrected chi connectivity index (χ2v) is 14.6. The normalized spacial score (nSPS) is 17.3. The number of aromatic nitrogens is 2. The average molecular weight is 448 g/mol. The highest BCUT2D eigenvalue weighted by Crippen LogP contribution is 2.37. The Morgan fingerprint density at radius 3 is 2.69 bits per heavy atom. The number of rotatable bonds is 3. The van der Waals surface area contributed by atoms with Crippen LogP contribution in [0, 0.1) is 11.8 Å². The van der Waals surface area contributed by atoms with Crippen LogP contribution >= 0.6 is 0 Å². The summed E-state index contributed by atoms with van der Waals surface area (Å²) in [6.07, 6.45) is 2.49. The number of nitrogens with one attached hydrogen (secondary N) is 1. The van der Waals surface area contributed by atoms with Crippen LogP contribution in [0.5, 0.6) is 0 Å². The third kappa shape index (κ3) is 3.96. The van der Waals surface area contributed by atoms with Gasteiger partial charge in [-0.25, -0.2) is 4.98 Å². The van der Waals surface area contributed by atoms with Gasteiger partial charge in [0.25, 0.3) is 0 Å². The summed E-state index contributed by atoms with van der Waals surface area (Å²) >= 11 is 0. The van der Waals surface area contributed by atoms with Crippen LogP contribution in [0.2, 0.25) is 18.1 Å². The molecule has 1 unspecified atom stereocenters. The summed E-state index contributed by atoms with van der Waals surface area (Å²) in [7, 11) is -1.86. The zero-order chi connectivity index (χ0) is 23.1. The largest absolute Gasteiger partial charge is 0.406 e. The number of imide groups is 1. The van der Waals surface area contributed by atoms with Gasteiger partial charge in [0.1, 0.15) is 11.7 Å². The van der Waals surface area contributed by atoms with Crippen molar-refractivity contribution in [3.8, 4) is 11.8 Å². The third-order valence-corrected chi connectivity index (χ3v) is 11.1. The molecule has 6 nitrogen and oxygen atoms in total. The molecule has 0 bridgehead atoms. The molecule has 1 atom stereocenters. The number of amides is 2. The van der Waals surface area contributed by atoms with Crippen LogP contribution in [0.4, 0.5) is 0 Å². The van der Waals surface area contributed by atoms with Crippen LogP contribution in [0.25, 0.3) is 21.9 Å². The lowest BCUT2D eigenvalue weighted by molar-refractivity contribution is -0.135. The SMILES string of the molecule is CC(C)(C)[Si](C)(C)OCC#Cc1ccnc2c1c1ccccc1n2C1CCC(=O)NC1=O. The van der Waals surface area contributed by atoms with Crippen LogP contribution in [-0.2, 0) is 14.0 Å². The van der Waals surface area contributed by atoms with Crippen molar-refractivity contribution in [2.75, 3.05) is 6.61 Å². The van der Waals surface area contributed by atoms with Crippen LogP contribution in [0.15, 0.2) is 36.5 Å². The maximum atomic E-state index is 12.6. The van der Waals surface area contributed by atoms with E-state index in [1.807, 2.05) is 34.9 Å². The highest BCUT2D eigenvalue weighted by Gasteiger charge is 2.36. The summed E-state index contributed by atoms with van der Waals surface area (Å²) < 4.78 is 8.15. The Hall–Kier alpha value is -2.95. The third-order valence-electron chi connectivity index (χ3n) is 6.65. The van der Waals surface area contributed by atoms with E-state index in [0.717, 1.165) is 21.9 Å². The van der Waals surface area contributed by atoms with E-state index in [1.165, 1.54) is 0 Å². The van der Waals surface area contributed by atoms with Gasteiger partial charge in [0.2, 0.25) is 11.8 Å². The lowest BCUT2D eigenvalue weighted by Gasteiger charge is -2.35. The number of carbonyl (C=O) groups excluding carboxylic acids is 2. The number of fused-ring (bicyclic) bond motifs is 3. The Morgan fingerprint density at radius 2 is 1.97 bits per heavy atom. The van der Waals surface area contributed by atoms with Crippen molar-refractivity contribution in [3.05, 3.63) is 42.1 Å². The van der Waals surface area contributed by atoms with Gasteiger partial charge in [-0.3, -0.25) is 14.9 Å². The summed E-state index contributed by atoms with van der Waals surface area (Å²) in [6, 6.07) is 9.36. The number of carbonyl (C=O) groups is 2. The molecule has 1 aromatic carbocycles. The van der Waals surface area contributed by atoms with Gasteiger partial charge in [-0.1, -0.05) is 50.8 Å². The number of pyridine rings is 1. The number of hydrogen-bond acceptors (Lipinski definition) is 4. The van der Waals surface area contributed by atoms with Crippen LogP contribution < -0.4 is 5.32 Å². The predicted octanol–water partition coefficient (Wildman–Crippen LogP) is 4.54. The maximum absolute atomic E-state index is 12.6. The number of para-hydroxylation sites is 1. The quantitative estimate of drug-likeness (QED) is 0.363. The Balaban J connectivity index is 1.76. The minimum atomic E-state index is -1.86. The summed E-state index contributed by atoms with van der Waals surface area (Å²) in [6.45, 7) is 11.4. The van der Waals surface area contributed by atoms with Crippen molar-refractivity contribution in [1.29, 1.82) is 0 Å². The Bertz CT molecular complexity index is 1270. The highest BCUT2D eigenvalue weighted by molar-refractivity contribution is 6.74. The molecule has 0 aliphatic carbocycles. The topological polar surface area (TPSA) is 73.2 Å². The molecule has 32 heavy (non-hydrogen) atoms. The molecule has 3 aromatic rings. The lowest BCUT2D eigenvalue weighted by Crippen LogP contribution is -2.41. The minimum Gasteiger partial charge on any atom is -0.406 e. The fourth-order valence-electron chi connectivity index (χ4n) is 3.82. The summed E-state index contributed by atoms with van der Waals surface area (Å²) in [4.78, 5) is 28.9. The first kappa shape index (κ1) is 22.2. The zero-order valence-corrected chi connectivity index (χ0v) is 20.3. The van der Waals surface area contributed by atoms with Crippen LogP contribution in [-0.4, -0.2) is 36.3 Å². The van der Waals surface area contributed by atoms with Crippen molar-refractivity contribution in [1.82, 2.24) is 14.9 Å². The molecule has 2 amide bonds. The smallest absolute Gasteiger partial charge is 0.249 e. The van der Waals surface area contributed by atoms with E-state index in [4.69, 9.17) is 4.43 Å². The Labute approximate surface area is 189 Å². The molecule has 166 valence electrons. The van der Waals surface area contributed by atoms with E-state index in [9.17, 15) is 9.59 Å².